The molecule has 104 valence electrons. The zero-order valence-corrected chi connectivity index (χ0v) is 13.3. The highest BCUT2D eigenvalue weighted by Gasteiger charge is 2.33. The number of benzene rings is 1. The molecule has 19 heavy (non-hydrogen) atoms. The zero-order chi connectivity index (χ0) is 13.2. The van der Waals surface area contributed by atoms with Crippen LogP contribution >= 0.6 is 15.9 Å². The molecule has 0 bridgehead atoms. The number of nitrogens with one attached hydrogen (secondary N) is 1. The van der Waals surface area contributed by atoms with Gasteiger partial charge in [0.15, 0.2) is 0 Å². The topological polar surface area (TPSA) is 12.0 Å². The van der Waals surface area contributed by atoms with E-state index in [1.54, 1.807) is 0 Å². The van der Waals surface area contributed by atoms with Crippen molar-refractivity contribution < 1.29 is 0 Å². The minimum atomic E-state index is 0.715. The van der Waals surface area contributed by atoms with Crippen LogP contribution in [0.4, 0.5) is 0 Å². The smallest absolute Gasteiger partial charge is 0.0210 e. The van der Waals surface area contributed by atoms with Crippen LogP contribution < -0.4 is 5.32 Å². The Bertz CT molecular complexity index is 419. The summed E-state index contributed by atoms with van der Waals surface area (Å²) in [4.78, 5) is 0. The van der Waals surface area contributed by atoms with Crippen LogP contribution in [0.1, 0.15) is 56.9 Å². The van der Waals surface area contributed by atoms with Gasteiger partial charge in [0.2, 0.25) is 0 Å². The van der Waals surface area contributed by atoms with Gasteiger partial charge in [-0.25, -0.2) is 0 Å². The Morgan fingerprint density at radius 2 is 1.84 bits per heavy atom. The van der Waals surface area contributed by atoms with Crippen LogP contribution in [0, 0.1) is 5.92 Å². The number of hydrogen-bond donors (Lipinski definition) is 1. The molecule has 0 aliphatic heterocycles. The SMILES string of the molecule is C[C@@H](NC1CC(c2ccccc2Br)C1)C1CCCC1. The van der Waals surface area contributed by atoms with Gasteiger partial charge in [0.25, 0.3) is 0 Å². The van der Waals surface area contributed by atoms with E-state index in [1.165, 1.54) is 48.6 Å². The fourth-order valence-corrected chi connectivity index (χ4v) is 4.39. The lowest BCUT2D eigenvalue weighted by Gasteiger charge is -2.39. The molecule has 0 amide bonds. The molecule has 2 fully saturated rings. The molecule has 0 aromatic heterocycles. The van der Waals surface area contributed by atoms with Crippen molar-refractivity contribution in [1.29, 1.82) is 0 Å². The first-order chi connectivity index (χ1) is 9.24. The normalized spacial score (nSPS) is 29.2. The Hall–Kier alpha value is -0.340. The van der Waals surface area contributed by atoms with E-state index >= 15 is 0 Å². The van der Waals surface area contributed by atoms with Crippen molar-refractivity contribution >= 4 is 15.9 Å². The number of rotatable bonds is 4. The van der Waals surface area contributed by atoms with Gasteiger partial charge in [0, 0.05) is 16.6 Å². The second-order valence-electron chi connectivity index (χ2n) is 6.39. The van der Waals surface area contributed by atoms with E-state index in [0.717, 1.165) is 17.9 Å². The number of hydrogen-bond acceptors (Lipinski definition) is 1. The molecule has 1 aromatic carbocycles. The molecule has 0 unspecified atom stereocenters. The van der Waals surface area contributed by atoms with E-state index in [1.807, 2.05) is 0 Å². The average molecular weight is 322 g/mol. The molecule has 1 atom stereocenters. The summed E-state index contributed by atoms with van der Waals surface area (Å²) < 4.78 is 1.28. The maximum absolute atomic E-state index is 3.86. The fourth-order valence-electron chi connectivity index (χ4n) is 3.78. The van der Waals surface area contributed by atoms with Crippen molar-refractivity contribution in [3.8, 4) is 0 Å². The zero-order valence-electron chi connectivity index (χ0n) is 11.7. The minimum absolute atomic E-state index is 0.715. The lowest BCUT2D eigenvalue weighted by molar-refractivity contribution is 0.238. The molecule has 2 aliphatic rings. The maximum atomic E-state index is 3.86. The van der Waals surface area contributed by atoms with Gasteiger partial charge in [-0.1, -0.05) is 47.0 Å². The van der Waals surface area contributed by atoms with Crippen molar-refractivity contribution in [2.45, 2.75) is 63.5 Å². The molecule has 1 N–H and O–H groups in total. The first-order valence-electron chi connectivity index (χ1n) is 7.74. The Balaban J connectivity index is 1.49. The highest BCUT2D eigenvalue weighted by Crippen LogP contribution is 2.40. The molecule has 1 nitrogen and oxygen atoms in total. The van der Waals surface area contributed by atoms with Crippen LogP contribution in [0.15, 0.2) is 28.7 Å². The molecule has 0 spiro atoms. The molecule has 0 saturated heterocycles. The maximum Gasteiger partial charge on any atom is 0.0210 e. The summed E-state index contributed by atoms with van der Waals surface area (Å²) in [5, 5.41) is 3.86. The highest BCUT2D eigenvalue weighted by atomic mass is 79.9. The molecule has 0 heterocycles. The number of halogens is 1. The van der Waals surface area contributed by atoms with E-state index in [4.69, 9.17) is 0 Å². The predicted octanol–water partition coefficient (Wildman–Crippen LogP) is 4.86. The van der Waals surface area contributed by atoms with Gasteiger partial charge in [0.1, 0.15) is 0 Å². The molecule has 2 saturated carbocycles. The third-order valence-corrected chi connectivity index (χ3v) is 5.81. The van der Waals surface area contributed by atoms with E-state index in [0.29, 0.717) is 6.04 Å². The quantitative estimate of drug-likeness (QED) is 0.834. The van der Waals surface area contributed by atoms with Gasteiger partial charge < -0.3 is 5.32 Å². The van der Waals surface area contributed by atoms with E-state index < -0.39 is 0 Å². The Morgan fingerprint density at radius 1 is 1.16 bits per heavy atom. The van der Waals surface area contributed by atoms with Crippen LogP contribution in [0.5, 0.6) is 0 Å². The molecular formula is C17H24BrN. The van der Waals surface area contributed by atoms with Crippen LogP contribution in [0.3, 0.4) is 0 Å². The average Bonchev–Trinajstić information content (AvgIpc) is 2.88. The second-order valence-corrected chi connectivity index (χ2v) is 7.24. The van der Waals surface area contributed by atoms with Gasteiger partial charge in [-0.05, 0) is 56.1 Å². The summed E-state index contributed by atoms with van der Waals surface area (Å²) >= 11 is 3.68. The van der Waals surface area contributed by atoms with Crippen LogP contribution in [-0.2, 0) is 0 Å². The summed E-state index contributed by atoms with van der Waals surface area (Å²) in [6.45, 7) is 2.39. The first kappa shape index (κ1) is 13.6. The summed E-state index contributed by atoms with van der Waals surface area (Å²) in [5.41, 5.74) is 1.49. The standard InChI is InChI=1S/C17H24BrN/c1-12(13-6-2-3-7-13)19-15-10-14(11-15)16-8-4-5-9-17(16)18/h4-5,8-9,12-15,19H,2-3,6-7,10-11H2,1H3/t12-,14?,15?/m1/s1. The van der Waals surface area contributed by atoms with Gasteiger partial charge >= 0.3 is 0 Å². The summed E-state index contributed by atoms with van der Waals surface area (Å²) in [6.07, 6.45) is 8.38. The lowest BCUT2D eigenvalue weighted by Crippen LogP contribution is -2.46. The molecule has 2 aliphatic carbocycles. The van der Waals surface area contributed by atoms with Crippen molar-refractivity contribution in [2.75, 3.05) is 0 Å². The monoisotopic (exact) mass is 321 g/mol. The summed E-state index contributed by atoms with van der Waals surface area (Å²) in [7, 11) is 0. The van der Waals surface area contributed by atoms with Crippen molar-refractivity contribution in [3.63, 3.8) is 0 Å². The van der Waals surface area contributed by atoms with Crippen molar-refractivity contribution in [3.05, 3.63) is 34.3 Å². The minimum Gasteiger partial charge on any atom is -0.311 e. The van der Waals surface area contributed by atoms with E-state index in [2.05, 4.69) is 52.4 Å². The molecule has 0 radical (unpaired) electrons. The lowest BCUT2D eigenvalue weighted by atomic mass is 9.75. The Morgan fingerprint density at radius 3 is 2.53 bits per heavy atom. The van der Waals surface area contributed by atoms with Gasteiger partial charge in [-0.15, -0.1) is 0 Å². The predicted molar refractivity (Wildman–Crippen MR) is 84.5 cm³/mol. The largest absolute Gasteiger partial charge is 0.311 e. The fraction of sp³-hybridized carbons (Fsp3) is 0.647. The Kier molecular flexibility index (Phi) is 4.28. The van der Waals surface area contributed by atoms with Gasteiger partial charge in [-0.3, -0.25) is 0 Å². The molecule has 2 heteroatoms. The Labute approximate surface area is 125 Å². The van der Waals surface area contributed by atoms with Gasteiger partial charge in [-0.2, -0.15) is 0 Å². The van der Waals surface area contributed by atoms with Crippen LogP contribution in [0.25, 0.3) is 0 Å². The van der Waals surface area contributed by atoms with Gasteiger partial charge in [0.05, 0.1) is 0 Å². The first-order valence-corrected chi connectivity index (χ1v) is 8.54. The third-order valence-electron chi connectivity index (χ3n) is 5.09. The van der Waals surface area contributed by atoms with Crippen molar-refractivity contribution in [1.82, 2.24) is 5.32 Å². The van der Waals surface area contributed by atoms with Crippen LogP contribution in [-0.4, -0.2) is 12.1 Å². The second kappa shape index (κ2) is 5.97. The third kappa shape index (κ3) is 3.05. The highest BCUT2D eigenvalue weighted by molar-refractivity contribution is 9.10. The summed E-state index contributed by atoms with van der Waals surface area (Å²) in [5.74, 6) is 1.69. The van der Waals surface area contributed by atoms with Crippen molar-refractivity contribution in [2.24, 2.45) is 5.92 Å². The molecule has 1 aromatic rings. The van der Waals surface area contributed by atoms with E-state index in [9.17, 15) is 0 Å². The van der Waals surface area contributed by atoms with Crippen LogP contribution in [0.2, 0.25) is 0 Å². The van der Waals surface area contributed by atoms with E-state index in [-0.39, 0.29) is 0 Å². The molecular weight excluding hydrogens is 298 g/mol. The summed E-state index contributed by atoms with van der Waals surface area (Å²) in [6, 6.07) is 10.1. The molecule has 3 rings (SSSR count).